The summed E-state index contributed by atoms with van der Waals surface area (Å²) in [5.41, 5.74) is 1.32. The van der Waals surface area contributed by atoms with Gasteiger partial charge in [-0.1, -0.05) is 52.5 Å². The highest BCUT2D eigenvalue weighted by molar-refractivity contribution is 6.04. The minimum atomic E-state index is -0.153. The Morgan fingerprint density at radius 2 is 1.68 bits per heavy atom. The van der Waals surface area contributed by atoms with Gasteiger partial charge in [0.25, 0.3) is 5.91 Å². The number of anilines is 1. The summed E-state index contributed by atoms with van der Waals surface area (Å²) in [7, 11) is 0. The molecule has 0 aliphatic rings. The van der Waals surface area contributed by atoms with Gasteiger partial charge >= 0.3 is 0 Å². The zero-order valence-electron chi connectivity index (χ0n) is 17.4. The van der Waals surface area contributed by atoms with Crippen molar-refractivity contribution < 1.29 is 14.3 Å². The molecule has 0 atom stereocenters. The van der Waals surface area contributed by atoms with Crippen molar-refractivity contribution in [3.05, 3.63) is 54.1 Å². The normalized spacial score (nSPS) is 10.7. The molecular formula is C24H33NO3. The highest BCUT2D eigenvalue weighted by atomic mass is 16.5. The highest BCUT2D eigenvalue weighted by Gasteiger charge is 2.08. The fourth-order valence-electron chi connectivity index (χ4n) is 2.72. The van der Waals surface area contributed by atoms with Crippen LogP contribution in [0, 0.1) is 5.92 Å². The zero-order chi connectivity index (χ0) is 20.2. The van der Waals surface area contributed by atoms with E-state index in [0.29, 0.717) is 23.8 Å². The molecule has 1 amide bonds. The van der Waals surface area contributed by atoms with Crippen LogP contribution in [0.3, 0.4) is 0 Å². The summed E-state index contributed by atoms with van der Waals surface area (Å²) in [6.07, 6.45) is 6.11. The first-order valence-corrected chi connectivity index (χ1v) is 10.4. The van der Waals surface area contributed by atoms with Gasteiger partial charge in [-0.3, -0.25) is 4.79 Å². The van der Waals surface area contributed by atoms with Gasteiger partial charge in [0.15, 0.2) is 0 Å². The van der Waals surface area contributed by atoms with Crippen LogP contribution in [-0.4, -0.2) is 19.1 Å². The van der Waals surface area contributed by atoms with Crippen LogP contribution in [0.1, 0.15) is 63.2 Å². The lowest BCUT2D eigenvalue weighted by atomic mass is 10.2. The number of unbranched alkanes of at least 4 members (excludes halogenated alkanes) is 4. The lowest BCUT2D eigenvalue weighted by molar-refractivity contribution is 0.102. The van der Waals surface area contributed by atoms with Gasteiger partial charge in [0.05, 0.1) is 13.2 Å². The molecule has 0 fully saturated rings. The smallest absolute Gasteiger partial charge is 0.255 e. The molecule has 2 aromatic carbocycles. The van der Waals surface area contributed by atoms with Crippen molar-refractivity contribution in [1.82, 2.24) is 0 Å². The quantitative estimate of drug-likeness (QED) is 0.436. The van der Waals surface area contributed by atoms with Gasteiger partial charge in [-0.05, 0) is 54.8 Å². The maximum Gasteiger partial charge on any atom is 0.255 e. The summed E-state index contributed by atoms with van der Waals surface area (Å²) in [5, 5.41) is 2.92. The Morgan fingerprint density at radius 1 is 0.929 bits per heavy atom. The zero-order valence-corrected chi connectivity index (χ0v) is 17.4. The molecule has 28 heavy (non-hydrogen) atoms. The number of carbonyl (C=O) groups excluding carboxylic acids is 1. The molecule has 0 aliphatic carbocycles. The fourth-order valence-corrected chi connectivity index (χ4v) is 2.72. The van der Waals surface area contributed by atoms with Crippen LogP contribution in [0.5, 0.6) is 11.5 Å². The molecule has 0 spiro atoms. The molecule has 2 rings (SSSR count). The molecule has 4 heteroatoms. The van der Waals surface area contributed by atoms with E-state index >= 15 is 0 Å². The van der Waals surface area contributed by atoms with Crippen molar-refractivity contribution in [2.24, 2.45) is 5.92 Å². The predicted molar refractivity (Wildman–Crippen MR) is 115 cm³/mol. The van der Waals surface area contributed by atoms with Crippen LogP contribution in [0.15, 0.2) is 48.5 Å². The number of ether oxygens (including phenoxy) is 2. The van der Waals surface area contributed by atoms with E-state index in [1.807, 2.05) is 36.4 Å². The van der Waals surface area contributed by atoms with E-state index < -0.39 is 0 Å². The van der Waals surface area contributed by atoms with Crippen molar-refractivity contribution in [2.75, 3.05) is 18.5 Å². The summed E-state index contributed by atoms with van der Waals surface area (Å²) in [4.78, 5) is 12.5. The number of carbonyl (C=O) groups is 1. The van der Waals surface area contributed by atoms with Crippen LogP contribution >= 0.6 is 0 Å². The maximum atomic E-state index is 12.5. The minimum Gasteiger partial charge on any atom is -0.494 e. The van der Waals surface area contributed by atoms with Crippen LogP contribution in [0.25, 0.3) is 0 Å². The monoisotopic (exact) mass is 383 g/mol. The van der Waals surface area contributed by atoms with E-state index in [9.17, 15) is 4.79 Å². The SMILES string of the molecule is CCCCCCCOc1ccc(NC(=O)c2cccc(OCC(C)C)c2)cc1. The van der Waals surface area contributed by atoms with E-state index in [-0.39, 0.29) is 5.91 Å². The van der Waals surface area contributed by atoms with Gasteiger partial charge in [0, 0.05) is 11.3 Å². The molecular weight excluding hydrogens is 350 g/mol. The van der Waals surface area contributed by atoms with Crippen molar-refractivity contribution in [3.8, 4) is 11.5 Å². The Hall–Kier alpha value is -2.49. The van der Waals surface area contributed by atoms with E-state index in [1.54, 1.807) is 12.1 Å². The third-order valence-electron chi connectivity index (χ3n) is 4.31. The Kier molecular flexibility index (Phi) is 9.40. The van der Waals surface area contributed by atoms with Crippen molar-refractivity contribution in [3.63, 3.8) is 0 Å². The molecule has 2 aromatic rings. The van der Waals surface area contributed by atoms with Gasteiger partial charge in [-0.2, -0.15) is 0 Å². The summed E-state index contributed by atoms with van der Waals surface area (Å²) < 4.78 is 11.5. The molecule has 0 bridgehead atoms. The topological polar surface area (TPSA) is 47.6 Å². The third-order valence-corrected chi connectivity index (χ3v) is 4.31. The first-order chi connectivity index (χ1) is 13.6. The van der Waals surface area contributed by atoms with Crippen LogP contribution in [0.4, 0.5) is 5.69 Å². The standard InChI is InChI=1S/C24H33NO3/c1-4-5-6-7-8-16-27-22-14-12-21(13-15-22)25-24(26)20-10-9-11-23(17-20)28-18-19(2)3/h9-15,17,19H,4-8,16,18H2,1-3H3,(H,25,26). The summed E-state index contributed by atoms with van der Waals surface area (Å²) in [5.74, 6) is 1.83. The Bertz CT molecular complexity index is 710. The van der Waals surface area contributed by atoms with Gasteiger partial charge in [0.1, 0.15) is 11.5 Å². The van der Waals surface area contributed by atoms with E-state index in [0.717, 1.165) is 24.5 Å². The molecule has 0 heterocycles. The number of amides is 1. The molecule has 0 radical (unpaired) electrons. The van der Waals surface area contributed by atoms with Crippen molar-refractivity contribution >= 4 is 11.6 Å². The summed E-state index contributed by atoms with van der Waals surface area (Å²) in [6.45, 7) is 7.77. The molecule has 0 saturated heterocycles. The molecule has 0 unspecified atom stereocenters. The lowest BCUT2D eigenvalue weighted by Crippen LogP contribution is -2.12. The summed E-state index contributed by atoms with van der Waals surface area (Å²) >= 11 is 0. The largest absolute Gasteiger partial charge is 0.494 e. The Morgan fingerprint density at radius 3 is 2.39 bits per heavy atom. The predicted octanol–water partition coefficient (Wildman–Crippen LogP) is 6.32. The highest BCUT2D eigenvalue weighted by Crippen LogP contribution is 2.19. The molecule has 1 N–H and O–H groups in total. The Balaban J connectivity index is 1.81. The second-order valence-electron chi connectivity index (χ2n) is 7.47. The lowest BCUT2D eigenvalue weighted by Gasteiger charge is -2.11. The van der Waals surface area contributed by atoms with Gasteiger partial charge in [-0.25, -0.2) is 0 Å². The fraction of sp³-hybridized carbons (Fsp3) is 0.458. The van der Waals surface area contributed by atoms with E-state index in [1.165, 1.54) is 25.7 Å². The van der Waals surface area contributed by atoms with Crippen molar-refractivity contribution in [2.45, 2.75) is 52.9 Å². The number of nitrogens with one attached hydrogen (secondary N) is 1. The number of hydrogen-bond donors (Lipinski definition) is 1. The van der Waals surface area contributed by atoms with Crippen LogP contribution < -0.4 is 14.8 Å². The summed E-state index contributed by atoms with van der Waals surface area (Å²) in [6, 6.07) is 14.8. The van der Waals surface area contributed by atoms with Crippen LogP contribution in [-0.2, 0) is 0 Å². The van der Waals surface area contributed by atoms with Gasteiger partial charge in [-0.15, -0.1) is 0 Å². The molecule has 152 valence electrons. The van der Waals surface area contributed by atoms with Crippen molar-refractivity contribution in [1.29, 1.82) is 0 Å². The van der Waals surface area contributed by atoms with E-state index in [4.69, 9.17) is 9.47 Å². The number of rotatable bonds is 12. The Labute approximate surface area is 169 Å². The van der Waals surface area contributed by atoms with Crippen LogP contribution in [0.2, 0.25) is 0 Å². The number of hydrogen-bond acceptors (Lipinski definition) is 3. The third kappa shape index (κ3) is 8.03. The maximum absolute atomic E-state index is 12.5. The second-order valence-corrected chi connectivity index (χ2v) is 7.47. The molecule has 0 aliphatic heterocycles. The molecule has 0 aromatic heterocycles. The molecule has 4 nitrogen and oxygen atoms in total. The number of benzene rings is 2. The first kappa shape index (κ1) is 21.8. The minimum absolute atomic E-state index is 0.153. The van der Waals surface area contributed by atoms with E-state index in [2.05, 4.69) is 26.1 Å². The first-order valence-electron chi connectivity index (χ1n) is 10.4. The molecule has 0 saturated carbocycles. The average Bonchev–Trinajstić information content (AvgIpc) is 2.70. The second kappa shape index (κ2) is 12.1. The van der Waals surface area contributed by atoms with Gasteiger partial charge < -0.3 is 14.8 Å². The van der Waals surface area contributed by atoms with Gasteiger partial charge in [0.2, 0.25) is 0 Å². The average molecular weight is 384 g/mol.